The van der Waals surface area contributed by atoms with Gasteiger partial charge < -0.3 is 10.2 Å². The topological polar surface area (TPSA) is 32.3 Å². The fourth-order valence-electron chi connectivity index (χ4n) is 1.99. The van der Waals surface area contributed by atoms with Gasteiger partial charge >= 0.3 is 0 Å². The van der Waals surface area contributed by atoms with Gasteiger partial charge in [0.2, 0.25) is 5.91 Å². The standard InChI is InChI=1S/C13H24N2O/c1-10(2)15(9-11-3-4-11)13(16)7-8-14-12-5-6-12/h10-12,14H,3-9H2,1-2H3. The quantitative estimate of drug-likeness (QED) is 0.715. The largest absolute Gasteiger partial charge is 0.340 e. The molecule has 0 heterocycles. The van der Waals surface area contributed by atoms with Gasteiger partial charge in [0.25, 0.3) is 0 Å². The third kappa shape index (κ3) is 3.78. The normalized spacial score (nSPS) is 20.2. The average molecular weight is 224 g/mol. The number of amides is 1. The second kappa shape index (κ2) is 5.17. The lowest BCUT2D eigenvalue weighted by Gasteiger charge is -2.27. The van der Waals surface area contributed by atoms with Crippen molar-refractivity contribution >= 4 is 5.91 Å². The van der Waals surface area contributed by atoms with Gasteiger partial charge in [-0.05, 0) is 45.4 Å². The molecule has 2 aliphatic rings. The summed E-state index contributed by atoms with van der Waals surface area (Å²) in [7, 11) is 0. The third-order valence-corrected chi connectivity index (χ3v) is 3.44. The first-order valence-electron chi connectivity index (χ1n) is 6.69. The smallest absolute Gasteiger partial charge is 0.224 e. The maximum Gasteiger partial charge on any atom is 0.224 e. The minimum Gasteiger partial charge on any atom is -0.340 e. The number of hydrogen-bond donors (Lipinski definition) is 1. The highest BCUT2D eigenvalue weighted by atomic mass is 16.2. The van der Waals surface area contributed by atoms with E-state index in [0.717, 1.165) is 19.0 Å². The van der Waals surface area contributed by atoms with Crippen LogP contribution in [0.4, 0.5) is 0 Å². The summed E-state index contributed by atoms with van der Waals surface area (Å²) in [5, 5.41) is 3.40. The van der Waals surface area contributed by atoms with E-state index in [4.69, 9.17) is 0 Å². The number of nitrogens with zero attached hydrogens (tertiary/aromatic N) is 1. The SMILES string of the molecule is CC(C)N(CC1CC1)C(=O)CCNC1CC1. The fourth-order valence-corrected chi connectivity index (χ4v) is 1.99. The second-order valence-electron chi connectivity index (χ2n) is 5.56. The Hall–Kier alpha value is -0.570. The summed E-state index contributed by atoms with van der Waals surface area (Å²) in [6.07, 6.45) is 5.89. The van der Waals surface area contributed by atoms with Crippen LogP contribution in [0.5, 0.6) is 0 Å². The molecular weight excluding hydrogens is 200 g/mol. The summed E-state index contributed by atoms with van der Waals surface area (Å²) in [5.74, 6) is 1.12. The number of carbonyl (C=O) groups is 1. The summed E-state index contributed by atoms with van der Waals surface area (Å²) in [5.41, 5.74) is 0. The Balaban J connectivity index is 1.69. The van der Waals surface area contributed by atoms with Crippen molar-refractivity contribution in [2.45, 2.75) is 58.0 Å². The first-order chi connectivity index (χ1) is 7.66. The van der Waals surface area contributed by atoms with Gasteiger partial charge in [0.1, 0.15) is 0 Å². The second-order valence-corrected chi connectivity index (χ2v) is 5.56. The number of hydrogen-bond acceptors (Lipinski definition) is 2. The van der Waals surface area contributed by atoms with E-state index < -0.39 is 0 Å². The lowest BCUT2D eigenvalue weighted by atomic mass is 10.2. The summed E-state index contributed by atoms with van der Waals surface area (Å²) < 4.78 is 0. The Morgan fingerprint density at radius 1 is 1.31 bits per heavy atom. The number of carbonyl (C=O) groups excluding carboxylic acids is 1. The number of nitrogens with one attached hydrogen (secondary N) is 1. The van der Waals surface area contributed by atoms with Crippen molar-refractivity contribution < 1.29 is 4.79 Å². The molecule has 0 aliphatic heterocycles. The summed E-state index contributed by atoms with van der Waals surface area (Å²) in [6.45, 7) is 6.08. The Morgan fingerprint density at radius 2 is 2.00 bits per heavy atom. The monoisotopic (exact) mass is 224 g/mol. The molecule has 0 bridgehead atoms. The summed E-state index contributed by atoms with van der Waals surface area (Å²) >= 11 is 0. The molecule has 2 fully saturated rings. The average Bonchev–Trinajstić information content (AvgIpc) is 3.08. The molecule has 0 unspecified atom stereocenters. The molecule has 0 aromatic heterocycles. The van der Waals surface area contributed by atoms with Gasteiger partial charge in [-0.2, -0.15) is 0 Å². The predicted molar refractivity (Wildman–Crippen MR) is 65.2 cm³/mol. The van der Waals surface area contributed by atoms with Gasteiger partial charge in [-0.1, -0.05) is 0 Å². The zero-order valence-corrected chi connectivity index (χ0v) is 10.5. The van der Waals surface area contributed by atoms with Gasteiger partial charge in [0.15, 0.2) is 0 Å². The Kier molecular flexibility index (Phi) is 3.85. The van der Waals surface area contributed by atoms with Gasteiger partial charge in [0.05, 0.1) is 0 Å². The van der Waals surface area contributed by atoms with Crippen molar-refractivity contribution in [3.63, 3.8) is 0 Å². The fraction of sp³-hybridized carbons (Fsp3) is 0.923. The molecule has 0 radical (unpaired) electrons. The zero-order chi connectivity index (χ0) is 11.5. The lowest BCUT2D eigenvalue weighted by molar-refractivity contribution is -0.133. The highest BCUT2D eigenvalue weighted by molar-refractivity contribution is 5.76. The Bertz CT molecular complexity index is 244. The molecule has 92 valence electrons. The third-order valence-electron chi connectivity index (χ3n) is 3.44. The van der Waals surface area contributed by atoms with Crippen LogP contribution >= 0.6 is 0 Å². The highest BCUT2D eigenvalue weighted by Crippen LogP contribution is 2.30. The van der Waals surface area contributed by atoms with Crippen LogP contribution in [0.2, 0.25) is 0 Å². The molecule has 2 aliphatic carbocycles. The first-order valence-corrected chi connectivity index (χ1v) is 6.69. The maximum atomic E-state index is 12.0. The molecule has 3 heteroatoms. The van der Waals surface area contributed by atoms with Gasteiger partial charge in [-0.15, -0.1) is 0 Å². The van der Waals surface area contributed by atoms with Crippen LogP contribution in [0.1, 0.15) is 46.0 Å². The van der Waals surface area contributed by atoms with Crippen molar-refractivity contribution in [1.29, 1.82) is 0 Å². The Morgan fingerprint density at radius 3 is 2.50 bits per heavy atom. The van der Waals surface area contributed by atoms with Gasteiger partial charge in [-0.3, -0.25) is 4.79 Å². The van der Waals surface area contributed by atoms with Crippen molar-refractivity contribution in [2.75, 3.05) is 13.1 Å². The molecule has 1 N–H and O–H groups in total. The van der Waals surface area contributed by atoms with Crippen LogP contribution in [0.3, 0.4) is 0 Å². The zero-order valence-electron chi connectivity index (χ0n) is 10.5. The minimum atomic E-state index is 0.329. The van der Waals surface area contributed by atoms with Crippen LogP contribution in [0, 0.1) is 5.92 Å². The summed E-state index contributed by atoms with van der Waals surface area (Å²) in [6, 6.07) is 1.07. The number of rotatable bonds is 7. The van der Waals surface area contributed by atoms with Crippen LogP contribution in [0.25, 0.3) is 0 Å². The maximum absolute atomic E-state index is 12.0. The molecule has 16 heavy (non-hydrogen) atoms. The van der Waals surface area contributed by atoms with E-state index in [-0.39, 0.29) is 0 Å². The molecule has 2 rings (SSSR count). The molecule has 0 saturated heterocycles. The van der Waals surface area contributed by atoms with E-state index in [1.54, 1.807) is 0 Å². The van der Waals surface area contributed by atoms with Crippen molar-refractivity contribution in [3.05, 3.63) is 0 Å². The Labute approximate surface area is 98.6 Å². The van der Waals surface area contributed by atoms with Gasteiger partial charge in [0, 0.05) is 31.6 Å². The minimum absolute atomic E-state index is 0.329. The van der Waals surface area contributed by atoms with Crippen LogP contribution in [-0.2, 0) is 4.79 Å². The van der Waals surface area contributed by atoms with E-state index in [1.807, 2.05) is 0 Å². The lowest BCUT2D eigenvalue weighted by Crippen LogP contribution is -2.39. The van der Waals surface area contributed by atoms with Crippen LogP contribution in [0.15, 0.2) is 0 Å². The molecule has 0 spiro atoms. The molecule has 2 saturated carbocycles. The van der Waals surface area contributed by atoms with Gasteiger partial charge in [-0.25, -0.2) is 0 Å². The van der Waals surface area contributed by atoms with Crippen molar-refractivity contribution in [2.24, 2.45) is 5.92 Å². The van der Waals surface area contributed by atoms with E-state index in [2.05, 4.69) is 24.1 Å². The molecule has 0 atom stereocenters. The van der Waals surface area contributed by atoms with Crippen LogP contribution in [-0.4, -0.2) is 36.0 Å². The highest BCUT2D eigenvalue weighted by Gasteiger charge is 2.28. The van der Waals surface area contributed by atoms with E-state index in [0.29, 0.717) is 24.4 Å². The van der Waals surface area contributed by atoms with E-state index >= 15 is 0 Å². The van der Waals surface area contributed by atoms with Crippen LogP contribution < -0.4 is 5.32 Å². The molecule has 0 aromatic rings. The van der Waals surface area contributed by atoms with Crippen molar-refractivity contribution in [3.8, 4) is 0 Å². The van der Waals surface area contributed by atoms with E-state index in [1.165, 1.54) is 25.7 Å². The summed E-state index contributed by atoms with van der Waals surface area (Å²) in [4.78, 5) is 14.1. The molecule has 1 amide bonds. The van der Waals surface area contributed by atoms with Crippen molar-refractivity contribution in [1.82, 2.24) is 10.2 Å². The predicted octanol–water partition coefficient (Wildman–Crippen LogP) is 1.78. The molecular formula is C13H24N2O. The molecule has 0 aromatic carbocycles. The molecule has 3 nitrogen and oxygen atoms in total. The first kappa shape index (κ1) is 11.9. The van der Waals surface area contributed by atoms with E-state index in [9.17, 15) is 4.79 Å².